The lowest BCUT2D eigenvalue weighted by Crippen LogP contribution is -2.37. The molecule has 1 unspecified atom stereocenters. The second-order valence-corrected chi connectivity index (χ2v) is 4.92. The number of amides is 1. The van der Waals surface area contributed by atoms with Gasteiger partial charge in [-0.15, -0.1) is 0 Å². The van der Waals surface area contributed by atoms with Gasteiger partial charge in [0.25, 0.3) is 5.91 Å². The third-order valence-electron chi connectivity index (χ3n) is 2.14. The molecule has 90 valence electrons. The molecular weight excluding hydrogens is 272 g/mol. The molecular formula is C11H17BrN2O2. The van der Waals surface area contributed by atoms with Crippen LogP contribution in [0, 0.1) is 12.8 Å². The molecule has 4 nitrogen and oxygen atoms in total. The number of carbonyl (C=O) groups is 1. The monoisotopic (exact) mass is 288 g/mol. The van der Waals surface area contributed by atoms with Gasteiger partial charge < -0.3 is 9.84 Å². The van der Waals surface area contributed by atoms with Crippen molar-refractivity contribution in [3.63, 3.8) is 0 Å². The Balaban J connectivity index is 2.55. The van der Waals surface area contributed by atoms with Crippen molar-refractivity contribution >= 4 is 21.8 Å². The van der Waals surface area contributed by atoms with Crippen LogP contribution in [0.25, 0.3) is 0 Å². The van der Waals surface area contributed by atoms with Gasteiger partial charge in [0, 0.05) is 17.4 Å². The summed E-state index contributed by atoms with van der Waals surface area (Å²) in [5.74, 6) is 1.01. The van der Waals surface area contributed by atoms with Crippen molar-refractivity contribution in [3.8, 4) is 0 Å². The first-order chi connectivity index (χ1) is 7.52. The highest BCUT2D eigenvalue weighted by molar-refractivity contribution is 9.09. The molecule has 0 saturated carbocycles. The molecule has 16 heavy (non-hydrogen) atoms. The van der Waals surface area contributed by atoms with Gasteiger partial charge in [-0.3, -0.25) is 4.79 Å². The second kappa shape index (κ2) is 6.03. The smallest absolute Gasteiger partial charge is 0.273 e. The first-order valence-corrected chi connectivity index (χ1v) is 6.45. The molecule has 1 amide bonds. The average Bonchev–Trinajstić information content (AvgIpc) is 2.63. The molecule has 1 aromatic rings. The van der Waals surface area contributed by atoms with Crippen LogP contribution in [0.15, 0.2) is 10.6 Å². The molecule has 0 spiro atoms. The van der Waals surface area contributed by atoms with E-state index in [2.05, 4.69) is 40.3 Å². The summed E-state index contributed by atoms with van der Waals surface area (Å²) < 4.78 is 4.86. The predicted molar refractivity (Wildman–Crippen MR) is 65.7 cm³/mol. The van der Waals surface area contributed by atoms with Crippen molar-refractivity contribution in [3.05, 3.63) is 17.5 Å². The average molecular weight is 289 g/mol. The fourth-order valence-corrected chi connectivity index (χ4v) is 1.89. The van der Waals surface area contributed by atoms with E-state index in [0.29, 0.717) is 17.4 Å². The number of rotatable bonds is 5. The lowest BCUT2D eigenvalue weighted by Gasteiger charge is -2.17. The van der Waals surface area contributed by atoms with Crippen LogP contribution >= 0.6 is 15.9 Å². The Hall–Kier alpha value is -0.840. The van der Waals surface area contributed by atoms with Gasteiger partial charge in [0.15, 0.2) is 5.69 Å². The zero-order valence-corrected chi connectivity index (χ0v) is 11.4. The summed E-state index contributed by atoms with van der Waals surface area (Å²) in [4.78, 5) is 11.8. The van der Waals surface area contributed by atoms with E-state index in [4.69, 9.17) is 4.52 Å². The number of alkyl halides is 1. The van der Waals surface area contributed by atoms with E-state index >= 15 is 0 Å². The van der Waals surface area contributed by atoms with Crippen LogP contribution in [-0.4, -0.2) is 22.4 Å². The third kappa shape index (κ3) is 3.96. The summed E-state index contributed by atoms with van der Waals surface area (Å²) in [6.07, 6.45) is 0.938. The van der Waals surface area contributed by atoms with Gasteiger partial charge in [-0.2, -0.15) is 0 Å². The van der Waals surface area contributed by atoms with Gasteiger partial charge in [0.1, 0.15) is 5.76 Å². The topological polar surface area (TPSA) is 55.1 Å². The minimum absolute atomic E-state index is 0.129. The predicted octanol–water partition coefficient (Wildman–Crippen LogP) is 2.52. The molecule has 0 aliphatic carbocycles. The number of nitrogens with zero attached hydrogens (tertiary/aromatic N) is 1. The van der Waals surface area contributed by atoms with E-state index in [0.717, 1.165) is 11.8 Å². The van der Waals surface area contributed by atoms with Crippen molar-refractivity contribution in [1.29, 1.82) is 0 Å². The Morgan fingerprint density at radius 1 is 1.62 bits per heavy atom. The zero-order chi connectivity index (χ0) is 12.1. The molecule has 1 rings (SSSR count). The number of aromatic nitrogens is 1. The Morgan fingerprint density at radius 2 is 2.31 bits per heavy atom. The van der Waals surface area contributed by atoms with Gasteiger partial charge in [-0.1, -0.05) is 34.9 Å². The number of hydrogen-bond acceptors (Lipinski definition) is 3. The minimum atomic E-state index is -0.179. The first-order valence-electron chi connectivity index (χ1n) is 5.33. The van der Waals surface area contributed by atoms with E-state index in [-0.39, 0.29) is 11.9 Å². The summed E-state index contributed by atoms with van der Waals surface area (Å²) in [6, 6.07) is 1.76. The number of carbonyl (C=O) groups excluding carboxylic acids is 1. The molecule has 1 heterocycles. The van der Waals surface area contributed by atoms with Crippen molar-refractivity contribution in [2.24, 2.45) is 5.92 Å². The lowest BCUT2D eigenvalue weighted by molar-refractivity contribution is 0.0928. The van der Waals surface area contributed by atoms with E-state index in [1.165, 1.54) is 0 Å². The molecule has 0 fully saturated rings. The van der Waals surface area contributed by atoms with Crippen LogP contribution in [0.3, 0.4) is 0 Å². The van der Waals surface area contributed by atoms with Gasteiger partial charge in [0.2, 0.25) is 0 Å². The van der Waals surface area contributed by atoms with Gasteiger partial charge in [-0.05, 0) is 19.3 Å². The maximum atomic E-state index is 11.8. The Kier molecular flexibility index (Phi) is 4.99. The van der Waals surface area contributed by atoms with E-state index in [1.54, 1.807) is 13.0 Å². The first kappa shape index (κ1) is 13.2. The van der Waals surface area contributed by atoms with Gasteiger partial charge in [0.05, 0.1) is 0 Å². The van der Waals surface area contributed by atoms with Crippen LogP contribution in [0.2, 0.25) is 0 Å². The molecule has 0 aliphatic rings. The zero-order valence-electron chi connectivity index (χ0n) is 9.79. The van der Waals surface area contributed by atoms with E-state index in [9.17, 15) is 4.79 Å². The highest BCUT2D eigenvalue weighted by atomic mass is 79.9. The third-order valence-corrected chi connectivity index (χ3v) is 2.92. The summed E-state index contributed by atoms with van der Waals surface area (Å²) in [6.45, 7) is 6.02. The number of aryl methyl sites for hydroxylation is 1. The van der Waals surface area contributed by atoms with Gasteiger partial charge >= 0.3 is 0 Å². The van der Waals surface area contributed by atoms with Crippen LogP contribution in [0.4, 0.5) is 0 Å². The molecule has 0 bridgehead atoms. The molecule has 1 N–H and O–H groups in total. The molecule has 0 aromatic carbocycles. The summed E-state index contributed by atoms with van der Waals surface area (Å²) in [5.41, 5.74) is 0.340. The Morgan fingerprint density at radius 3 is 2.75 bits per heavy atom. The minimum Gasteiger partial charge on any atom is -0.361 e. The highest BCUT2D eigenvalue weighted by Crippen LogP contribution is 2.08. The quantitative estimate of drug-likeness (QED) is 0.847. The fraction of sp³-hybridized carbons (Fsp3) is 0.636. The lowest BCUT2D eigenvalue weighted by atomic mass is 10.1. The van der Waals surface area contributed by atoms with Crippen LogP contribution in [-0.2, 0) is 0 Å². The van der Waals surface area contributed by atoms with Crippen molar-refractivity contribution in [1.82, 2.24) is 10.5 Å². The molecule has 0 aliphatic heterocycles. The van der Waals surface area contributed by atoms with Crippen molar-refractivity contribution in [2.45, 2.75) is 33.2 Å². The highest BCUT2D eigenvalue weighted by Gasteiger charge is 2.16. The molecule has 0 saturated heterocycles. The summed E-state index contributed by atoms with van der Waals surface area (Å²) in [5, 5.41) is 7.34. The van der Waals surface area contributed by atoms with Crippen LogP contribution in [0.5, 0.6) is 0 Å². The second-order valence-electron chi connectivity index (χ2n) is 4.28. The normalized spacial score (nSPS) is 12.8. The van der Waals surface area contributed by atoms with Crippen LogP contribution < -0.4 is 5.32 Å². The number of nitrogens with one attached hydrogen (secondary N) is 1. The molecule has 5 heteroatoms. The van der Waals surface area contributed by atoms with E-state index in [1.807, 2.05) is 0 Å². The van der Waals surface area contributed by atoms with Crippen LogP contribution in [0.1, 0.15) is 36.5 Å². The number of halogens is 1. The van der Waals surface area contributed by atoms with Gasteiger partial charge in [-0.25, -0.2) is 0 Å². The van der Waals surface area contributed by atoms with E-state index < -0.39 is 0 Å². The maximum Gasteiger partial charge on any atom is 0.273 e. The SMILES string of the molecule is Cc1cc(C(=O)NC(CBr)CC(C)C)no1. The molecule has 0 radical (unpaired) electrons. The molecule has 1 atom stereocenters. The van der Waals surface area contributed by atoms with Crippen molar-refractivity contribution in [2.75, 3.05) is 5.33 Å². The summed E-state index contributed by atoms with van der Waals surface area (Å²) in [7, 11) is 0. The summed E-state index contributed by atoms with van der Waals surface area (Å²) >= 11 is 3.39. The maximum absolute atomic E-state index is 11.8. The fourth-order valence-electron chi connectivity index (χ4n) is 1.46. The standard InChI is InChI=1S/C11H17BrN2O2/c1-7(2)4-9(6-12)13-11(15)10-5-8(3)16-14-10/h5,7,9H,4,6H2,1-3H3,(H,13,15). The molecule has 1 aromatic heterocycles. The van der Waals surface area contributed by atoms with Crippen molar-refractivity contribution < 1.29 is 9.32 Å². The Bertz CT molecular complexity index is 350. The largest absolute Gasteiger partial charge is 0.361 e. The number of hydrogen-bond donors (Lipinski definition) is 1. The Labute approximate surface area is 104 Å².